The van der Waals surface area contributed by atoms with Crippen molar-refractivity contribution in [3.05, 3.63) is 84.4 Å². The van der Waals surface area contributed by atoms with E-state index in [0.29, 0.717) is 22.7 Å². The Morgan fingerprint density at radius 2 is 1.33 bits per heavy atom. The van der Waals surface area contributed by atoms with Gasteiger partial charge >= 0.3 is 11.9 Å². The molecule has 0 radical (unpaired) electrons. The molecule has 33 heavy (non-hydrogen) atoms. The van der Waals surface area contributed by atoms with Crippen molar-refractivity contribution in [1.29, 1.82) is 0 Å². The molecule has 0 unspecified atom stereocenters. The van der Waals surface area contributed by atoms with Crippen molar-refractivity contribution in [2.45, 2.75) is 0 Å². The molecule has 3 rings (SSSR count). The van der Waals surface area contributed by atoms with E-state index in [1.807, 2.05) is 18.2 Å². The SMILES string of the molecule is O=C(O)COc1ccccc1N=N/C(=N/Nc1ccccc1OCC(=O)O)c1ccccc1. The van der Waals surface area contributed by atoms with Crippen molar-refractivity contribution >= 4 is 29.1 Å². The number of carboxylic acid groups (broad SMARTS) is 2. The van der Waals surface area contributed by atoms with E-state index in [-0.39, 0.29) is 11.6 Å². The lowest BCUT2D eigenvalue weighted by Crippen LogP contribution is -2.10. The van der Waals surface area contributed by atoms with Crippen molar-refractivity contribution < 1.29 is 29.3 Å². The maximum absolute atomic E-state index is 10.8. The second-order valence-corrected chi connectivity index (χ2v) is 6.44. The van der Waals surface area contributed by atoms with Gasteiger partial charge in [-0.3, -0.25) is 5.43 Å². The highest BCUT2D eigenvalue weighted by molar-refractivity contribution is 5.99. The molecule has 168 valence electrons. The first kappa shape index (κ1) is 22.9. The molecular formula is C23H20N4O6. The molecule has 10 nitrogen and oxygen atoms in total. The Morgan fingerprint density at radius 3 is 2.03 bits per heavy atom. The summed E-state index contributed by atoms with van der Waals surface area (Å²) in [6, 6.07) is 22.4. The number of nitrogens with one attached hydrogen (secondary N) is 1. The van der Waals surface area contributed by atoms with Crippen LogP contribution in [0.4, 0.5) is 11.4 Å². The van der Waals surface area contributed by atoms with Crippen LogP contribution in [0.3, 0.4) is 0 Å². The highest BCUT2D eigenvalue weighted by Crippen LogP contribution is 2.28. The summed E-state index contributed by atoms with van der Waals surface area (Å²) >= 11 is 0. The number of anilines is 1. The number of amidine groups is 1. The van der Waals surface area contributed by atoms with Crippen LogP contribution in [-0.4, -0.2) is 41.2 Å². The molecule has 0 amide bonds. The summed E-state index contributed by atoms with van der Waals surface area (Å²) in [6.07, 6.45) is 0. The number of nitrogens with zero attached hydrogens (tertiary/aromatic N) is 3. The summed E-state index contributed by atoms with van der Waals surface area (Å²) in [5.41, 5.74) is 4.25. The Morgan fingerprint density at radius 1 is 0.758 bits per heavy atom. The number of rotatable bonds is 10. The maximum atomic E-state index is 10.8. The number of azo groups is 1. The van der Waals surface area contributed by atoms with Gasteiger partial charge in [0.1, 0.15) is 17.2 Å². The van der Waals surface area contributed by atoms with Gasteiger partial charge in [0.25, 0.3) is 0 Å². The van der Waals surface area contributed by atoms with Crippen molar-refractivity contribution in [3.63, 3.8) is 0 Å². The number of hydrogen-bond acceptors (Lipinski definition) is 7. The zero-order valence-electron chi connectivity index (χ0n) is 17.3. The molecule has 0 aliphatic rings. The minimum absolute atomic E-state index is 0.219. The van der Waals surface area contributed by atoms with E-state index in [2.05, 4.69) is 20.8 Å². The summed E-state index contributed by atoms with van der Waals surface area (Å²) in [5.74, 6) is -1.43. The number of carbonyl (C=O) groups is 2. The molecular weight excluding hydrogens is 428 g/mol. The third kappa shape index (κ3) is 7.17. The van der Waals surface area contributed by atoms with E-state index < -0.39 is 25.2 Å². The number of aliphatic carboxylic acids is 2. The fourth-order valence-corrected chi connectivity index (χ4v) is 2.57. The monoisotopic (exact) mass is 448 g/mol. The molecule has 0 saturated heterocycles. The van der Waals surface area contributed by atoms with E-state index in [1.165, 1.54) is 0 Å². The molecule has 3 aromatic carbocycles. The first-order valence-corrected chi connectivity index (χ1v) is 9.71. The molecule has 0 aliphatic heterocycles. The van der Waals surface area contributed by atoms with Crippen LogP contribution in [0, 0.1) is 0 Å². The van der Waals surface area contributed by atoms with Crippen molar-refractivity contribution in [2.24, 2.45) is 15.3 Å². The third-order valence-corrected chi connectivity index (χ3v) is 4.02. The summed E-state index contributed by atoms with van der Waals surface area (Å²) in [5, 5.41) is 30.4. The maximum Gasteiger partial charge on any atom is 0.341 e. The van der Waals surface area contributed by atoms with Gasteiger partial charge in [0.2, 0.25) is 5.84 Å². The molecule has 0 bridgehead atoms. The van der Waals surface area contributed by atoms with Crippen molar-refractivity contribution in [2.75, 3.05) is 18.6 Å². The number of hydrogen-bond donors (Lipinski definition) is 3. The van der Waals surface area contributed by atoms with Gasteiger partial charge < -0.3 is 19.7 Å². The Bertz CT molecular complexity index is 1160. The van der Waals surface area contributed by atoms with Crippen LogP contribution < -0.4 is 14.9 Å². The number of benzene rings is 3. The number of para-hydroxylation sites is 3. The van der Waals surface area contributed by atoms with Crippen LogP contribution in [-0.2, 0) is 9.59 Å². The smallest absolute Gasteiger partial charge is 0.341 e. The van der Waals surface area contributed by atoms with Gasteiger partial charge in [-0.1, -0.05) is 54.6 Å². The summed E-state index contributed by atoms with van der Waals surface area (Å²) in [7, 11) is 0. The Labute approximate surface area is 188 Å². The average Bonchev–Trinajstić information content (AvgIpc) is 2.83. The van der Waals surface area contributed by atoms with E-state index >= 15 is 0 Å². The molecule has 0 fully saturated rings. The zero-order chi connectivity index (χ0) is 23.5. The summed E-state index contributed by atoms with van der Waals surface area (Å²) in [6.45, 7) is -1.01. The van der Waals surface area contributed by atoms with Gasteiger partial charge in [0.05, 0.1) is 5.69 Å². The molecule has 3 aromatic rings. The van der Waals surface area contributed by atoms with E-state index in [9.17, 15) is 9.59 Å². The highest BCUT2D eigenvalue weighted by atomic mass is 16.5. The lowest BCUT2D eigenvalue weighted by Gasteiger charge is -2.10. The summed E-state index contributed by atoms with van der Waals surface area (Å²) in [4.78, 5) is 21.6. The average molecular weight is 448 g/mol. The minimum atomic E-state index is -1.11. The predicted octanol–water partition coefficient (Wildman–Crippen LogP) is 4.17. The van der Waals surface area contributed by atoms with Crippen molar-refractivity contribution in [1.82, 2.24) is 0 Å². The largest absolute Gasteiger partial charge is 0.480 e. The van der Waals surface area contributed by atoms with E-state index in [1.54, 1.807) is 60.7 Å². The topological polar surface area (TPSA) is 142 Å². The molecule has 0 aromatic heterocycles. The van der Waals surface area contributed by atoms with Crippen LogP contribution >= 0.6 is 0 Å². The quantitative estimate of drug-likeness (QED) is 0.183. The lowest BCUT2D eigenvalue weighted by atomic mass is 10.2. The fourth-order valence-electron chi connectivity index (χ4n) is 2.57. The summed E-state index contributed by atoms with van der Waals surface area (Å²) < 4.78 is 10.5. The van der Waals surface area contributed by atoms with Crippen LogP contribution in [0.1, 0.15) is 5.56 Å². The molecule has 10 heteroatoms. The Hall–Kier alpha value is -4.73. The van der Waals surface area contributed by atoms with Crippen LogP contribution in [0.2, 0.25) is 0 Å². The fraction of sp³-hybridized carbons (Fsp3) is 0.0870. The van der Waals surface area contributed by atoms with Crippen LogP contribution in [0.25, 0.3) is 0 Å². The number of carboxylic acids is 2. The Kier molecular flexibility index (Phi) is 8.07. The molecule has 0 heterocycles. The lowest BCUT2D eigenvalue weighted by molar-refractivity contribution is -0.140. The van der Waals surface area contributed by atoms with Gasteiger partial charge in [-0.05, 0) is 24.3 Å². The zero-order valence-corrected chi connectivity index (χ0v) is 17.3. The number of ether oxygens (including phenoxy) is 2. The second kappa shape index (κ2) is 11.6. The Balaban J connectivity index is 1.88. The molecule has 0 aliphatic carbocycles. The van der Waals surface area contributed by atoms with E-state index in [4.69, 9.17) is 19.7 Å². The molecule has 3 N–H and O–H groups in total. The standard InChI is InChI=1S/C23H20N4O6/c28-21(29)14-32-19-12-6-4-10-17(19)24-26-23(16-8-2-1-3-9-16)27-25-18-11-5-7-13-20(18)33-15-22(30)31/h1-13,24H,14-15H2,(H,28,29)(H,30,31)/b26-23+,27-25?. The van der Waals surface area contributed by atoms with Gasteiger partial charge in [-0.15, -0.1) is 10.2 Å². The molecule has 0 spiro atoms. The van der Waals surface area contributed by atoms with Gasteiger partial charge in [-0.25, -0.2) is 9.59 Å². The minimum Gasteiger partial charge on any atom is -0.480 e. The van der Waals surface area contributed by atoms with Gasteiger partial charge in [-0.2, -0.15) is 5.10 Å². The van der Waals surface area contributed by atoms with Crippen LogP contribution in [0.15, 0.2) is 94.2 Å². The normalized spacial score (nSPS) is 11.2. The van der Waals surface area contributed by atoms with Gasteiger partial charge in [0, 0.05) is 5.56 Å². The second-order valence-electron chi connectivity index (χ2n) is 6.44. The van der Waals surface area contributed by atoms with Crippen LogP contribution in [0.5, 0.6) is 11.5 Å². The highest BCUT2D eigenvalue weighted by Gasteiger charge is 2.09. The third-order valence-electron chi connectivity index (χ3n) is 4.02. The first-order valence-electron chi connectivity index (χ1n) is 9.71. The predicted molar refractivity (Wildman–Crippen MR) is 120 cm³/mol. The molecule has 0 saturated carbocycles. The first-order chi connectivity index (χ1) is 16.0. The molecule has 0 atom stereocenters. The number of hydrazone groups is 1. The van der Waals surface area contributed by atoms with E-state index in [0.717, 1.165) is 0 Å². The van der Waals surface area contributed by atoms with Gasteiger partial charge in [0.15, 0.2) is 13.2 Å². The van der Waals surface area contributed by atoms with Crippen molar-refractivity contribution in [3.8, 4) is 11.5 Å².